The number of anilines is 1. The van der Waals surface area contributed by atoms with E-state index in [9.17, 15) is 19.2 Å². The first kappa shape index (κ1) is 20.9. The van der Waals surface area contributed by atoms with Crippen LogP contribution in [0.15, 0.2) is 18.2 Å². The van der Waals surface area contributed by atoms with Crippen molar-refractivity contribution in [2.24, 2.45) is 0 Å². The summed E-state index contributed by atoms with van der Waals surface area (Å²) in [5.74, 6) is -1.14. The van der Waals surface area contributed by atoms with Gasteiger partial charge in [-0.3, -0.25) is 14.4 Å². The Morgan fingerprint density at radius 1 is 1.08 bits per heavy atom. The fourth-order valence-electron chi connectivity index (χ4n) is 2.11. The Labute approximate surface area is 151 Å². The predicted octanol–water partition coefficient (Wildman–Crippen LogP) is 1.40. The third kappa shape index (κ3) is 7.65. The summed E-state index contributed by atoms with van der Waals surface area (Å²) in [7, 11) is 1.22. The van der Waals surface area contributed by atoms with Gasteiger partial charge in [0, 0.05) is 20.8 Å². The molecule has 142 valence electrons. The maximum Gasteiger partial charge on any atom is 0.407 e. The number of esters is 2. The minimum Gasteiger partial charge on any atom is -0.464 e. The first-order chi connectivity index (χ1) is 12.2. The molecule has 1 aromatic rings. The third-order valence-electron chi connectivity index (χ3n) is 3.09. The Bertz CT molecular complexity index is 688. The summed E-state index contributed by atoms with van der Waals surface area (Å²) in [6.45, 7) is 3.79. The minimum atomic E-state index is -0.666. The van der Waals surface area contributed by atoms with Gasteiger partial charge in [0.2, 0.25) is 5.91 Å². The number of alkyl carbamates (subject to hydrolysis) is 1. The van der Waals surface area contributed by atoms with E-state index in [0.29, 0.717) is 11.3 Å². The minimum absolute atomic E-state index is 0.0500. The van der Waals surface area contributed by atoms with Crippen LogP contribution in [-0.4, -0.2) is 43.7 Å². The van der Waals surface area contributed by atoms with Crippen LogP contribution in [0.2, 0.25) is 0 Å². The molecule has 0 bridgehead atoms. The summed E-state index contributed by atoms with van der Waals surface area (Å²) in [6.07, 6.45) is -0.379. The van der Waals surface area contributed by atoms with Crippen molar-refractivity contribution in [3.05, 3.63) is 23.8 Å². The van der Waals surface area contributed by atoms with E-state index in [4.69, 9.17) is 9.47 Å². The molecule has 1 rings (SSSR count). The van der Waals surface area contributed by atoms with Crippen LogP contribution in [0.5, 0.6) is 5.75 Å². The van der Waals surface area contributed by atoms with E-state index < -0.39 is 24.1 Å². The molecule has 0 spiro atoms. The molecular weight excluding hydrogens is 344 g/mol. The van der Waals surface area contributed by atoms with E-state index in [1.165, 1.54) is 33.9 Å². The van der Waals surface area contributed by atoms with E-state index in [1.807, 2.05) is 0 Å². The molecule has 26 heavy (non-hydrogen) atoms. The van der Waals surface area contributed by atoms with E-state index >= 15 is 0 Å². The number of hydrogen-bond acceptors (Lipinski definition) is 7. The lowest BCUT2D eigenvalue weighted by atomic mass is 10.1. The van der Waals surface area contributed by atoms with Gasteiger partial charge in [-0.15, -0.1) is 0 Å². The fraction of sp³-hybridized carbons (Fsp3) is 0.412. The molecule has 0 radical (unpaired) electrons. The lowest BCUT2D eigenvalue weighted by Crippen LogP contribution is -2.40. The Balaban J connectivity index is 3.01. The van der Waals surface area contributed by atoms with Gasteiger partial charge in [-0.05, 0) is 24.1 Å². The Morgan fingerprint density at radius 2 is 1.77 bits per heavy atom. The predicted molar refractivity (Wildman–Crippen MR) is 91.7 cm³/mol. The molecule has 0 aromatic heterocycles. The smallest absolute Gasteiger partial charge is 0.407 e. The Kier molecular flexibility index (Phi) is 8.07. The molecule has 0 unspecified atom stereocenters. The first-order valence-corrected chi connectivity index (χ1v) is 7.78. The number of hydrogen-bond donors (Lipinski definition) is 2. The largest absolute Gasteiger partial charge is 0.464 e. The highest BCUT2D eigenvalue weighted by molar-refractivity contribution is 5.91. The highest BCUT2D eigenvalue weighted by Gasteiger charge is 2.17. The van der Waals surface area contributed by atoms with Crippen molar-refractivity contribution in [1.29, 1.82) is 0 Å². The molecule has 0 saturated carbocycles. The molecule has 0 saturated heterocycles. The van der Waals surface area contributed by atoms with Crippen molar-refractivity contribution in [3.63, 3.8) is 0 Å². The third-order valence-corrected chi connectivity index (χ3v) is 3.09. The van der Waals surface area contributed by atoms with Crippen molar-refractivity contribution in [3.8, 4) is 5.75 Å². The quantitative estimate of drug-likeness (QED) is 0.553. The van der Waals surface area contributed by atoms with Crippen LogP contribution in [-0.2, 0) is 30.3 Å². The standard InChI is InChI=1S/C17H22N2O7/c1-10(20)18-15-8-13(5-6-16(15)26-12(3)22)7-14(9-25-11(2)21)19-17(23)24-4/h5-6,8,14H,7,9H2,1-4H3,(H,18,20)(H,19,23)/t14-/m0/s1. The number of rotatable bonds is 7. The zero-order chi connectivity index (χ0) is 19.7. The van der Waals surface area contributed by atoms with Gasteiger partial charge in [0.25, 0.3) is 0 Å². The number of carbonyl (C=O) groups excluding carboxylic acids is 4. The summed E-state index contributed by atoms with van der Waals surface area (Å²) in [4.78, 5) is 45.0. The zero-order valence-corrected chi connectivity index (χ0v) is 15.1. The SMILES string of the molecule is COC(=O)N[C@H](COC(C)=O)Cc1ccc(OC(C)=O)c(NC(C)=O)c1. The number of amides is 2. The van der Waals surface area contributed by atoms with Gasteiger partial charge in [0.1, 0.15) is 6.61 Å². The van der Waals surface area contributed by atoms with Crippen molar-refractivity contribution in [2.75, 3.05) is 19.0 Å². The second-order valence-electron chi connectivity index (χ2n) is 5.44. The van der Waals surface area contributed by atoms with E-state index in [1.54, 1.807) is 12.1 Å². The molecule has 2 N–H and O–H groups in total. The number of methoxy groups -OCH3 is 1. The van der Waals surface area contributed by atoms with Crippen LogP contribution in [0, 0.1) is 0 Å². The van der Waals surface area contributed by atoms with Gasteiger partial charge < -0.3 is 24.8 Å². The monoisotopic (exact) mass is 366 g/mol. The topological polar surface area (TPSA) is 120 Å². The maximum absolute atomic E-state index is 11.5. The molecule has 0 aliphatic carbocycles. The summed E-state index contributed by atoms with van der Waals surface area (Å²) in [5, 5.41) is 5.15. The molecule has 9 nitrogen and oxygen atoms in total. The molecular formula is C17H22N2O7. The van der Waals surface area contributed by atoms with Crippen LogP contribution in [0.25, 0.3) is 0 Å². The lowest BCUT2D eigenvalue weighted by molar-refractivity contribution is -0.141. The van der Waals surface area contributed by atoms with Crippen LogP contribution >= 0.6 is 0 Å². The van der Waals surface area contributed by atoms with Crippen LogP contribution in [0.1, 0.15) is 26.3 Å². The highest BCUT2D eigenvalue weighted by atomic mass is 16.5. The maximum atomic E-state index is 11.5. The second kappa shape index (κ2) is 10.0. The normalized spacial score (nSPS) is 11.1. The van der Waals surface area contributed by atoms with Gasteiger partial charge in [0.05, 0.1) is 18.8 Å². The van der Waals surface area contributed by atoms with Crippen molar-refractivity contribution in [2.45, 2.75) is 33.2 Å². The molecule has 9 heteroatoms. The van der Waals surface area contributed by atoms with Gasteiger partial charge in [0.15, 0.2) is 5.75 Å². The average molecular weight is 366 g/mol. The second-order valence-corrected chi connectivity index (χ2v) is 5.44. The Hall–Kier alpha value is -3.10. The fourth-order valence-corrected chi connectivity index (χ4v) is 2.11. The van der Waals surface area contributed by atoms with Gasteiger partial charge in [-0.2, -0.15) is 0 Å². The van der Waals surface area contributed by atoms with E-state index in [0.717, 1.165) is 0 Å². The number of benzene rings is 1. The zero-order valence-electron chi connectivity index (χ0n) is 15.1. The highest BCUT2D eigenvalue weighted by Crippen LogP contribution is 2.26. The van der Waals surface area contributed by atoms with Crippen molar-refractivity contribution < 1.29 is 33.4 Å². The van der Waals surface area contributed by atoms with Crippen molar-refractivity contribution >= 4 is 29.6 Å². The number of nitrogens with one attached hydrogen (secondary N) is 2. The first-order valence-electron chi connectivity index (χ1n) is 7.78. The van der Waals surface area contributed by atoms with Gasteiger partial charge >= 0.3 is 18.0 Å². The summed E-state index contributed by atoms with van der Waals surface area (Å²) < 4.78 is 14.6. The average Bonchev–Trinajstić information content (AvgIpc) is 2.53. The molecule has 0 heterocycles. The van der Waals surface area contributed by atoms with E-state index in [2.05, 4.69) is 15.4 Å². The van der Waals surface area contributed by atoms with Gasteiger partial charge in [-0.1, -0.05) is 6.07 Å². The lowest BCUT2D eigenvalue weighted by Gasteiger charge is -2.19. The van der Waals surface area contributed by atoms with E-state index in [-0.39, 0.29) is 24.7 Å². The molecule has 0 fully saturated rings. The molecule has 0 aliphatic heterocycles. The molecule has 2 amide bonds. The number of ether oxygens (including phenoxy) is 3. The summed E-state index contributed by atoms with van der Waals surface area (Å²) >= 11 is 0. The number of carbonyl (C=O) groups is 4. The van der Waals surface area contributed by atoms with Crippen molar-refractivity contribution in [1.82, 2.24) is 5.32 Å². The van der Waals surface area contributed by atoms with Crippen LogP contribution in [0.3, 0.4) is 0 Å². The molecule has 1 atom stereocenters. The molecule has 0 aliphatic rings. The van der Waals surface area contributed by atoms with Crippen LogP contribution in [0.4, 0.5) is 10.5 Å². The summed E-state index contributed by atoms with van der Waals surface area (Å²) in [6, 6.07) is 4.27. The summed E-state index contributed by atoms with van der Waals surface area (Å²) in [5.41, 5.74) is 1.02. The van der Waals surface area contributed by atoms with Crippen LogP contribution < -0.4 is 15.4 Å². The van der Waals surface area contributed by atoms with Gasteiger partial charge in [-0.25, -0.2) is 4.79 Å². The Morgan fingerprint density at radius 3 is 2.31 bits per heavy atom. The molecule has 1 aromatic carbocycles.